The smallest absolute Gasteiger partial charge is 0.146 e. The molecule has 1 aromatic carbocycles. The van der Waals surface area contributed by atoms with Crippen molar-refractivity contribution in [3.63, 3.8) is 0 Å². The van der Waals surface area contributed by atoms with E-state index >= 15 is 0 Å². The van der Waals surface area contributed by atoms with Crippen LogP contribution in [0.1, 0.15) is 5.56 Å². The number of hydrogen-bond donors (Lipinski definition) is 0. The second kappa shape index (κ2) is 6.43. The van der Waals surface area contributed by atoms with E-state index in [4.69, 9.17) is 4.74 Å². The number of hydrogen-bond acceptors (Lipinski definition) is 3. The number of halogens is 1. The Morgan fingerprint density at radius 2 is 2.36 bits per heavy atom. The molecule has 1 aromatic rings. The minimum absolute atomic E-state index is 0.661. The molecule has 1 rings (SSSR count). The number of benzene rings is 1. The number of thioether (sulfide) groups is 1. The van der Waals surface area contributed by atoms with E-state index < -0.39 is 0 Å². The van der Waals surface area contributed by atoms with Crippen LogP contribution >= 0.6 is 39.9 Å². The Labute approximate surface area is 102 Å². The van der Waals surface area contributed by atoms with Gasteiger partial charge in [-0.25, -0.2) is 0 Å². The summed E-state index contributed by atoms with van der Waals surface area (Å²) in [5.41, 5.74) is 2.58. The van der Waals surface area contributed by atoms with Crippen LogP contribution in [0.5, 0.6) is 0 Å². The number of rotatable bonds is 5. The van der Waals surface area contributed by atoms with Crippen LogP contribution < -0.4 is 0 Å². The molecule has 0 bridgehead atoms. The highest BCUT2D eigenvalue weighted by Crippen LogP contribution is 2.28. The summed E-state index contributed by atoms with van der Waals surface area (Å²) in [6.45, 7) is 2.75. The Morgan fingerprint density at radius 3 is 3.07 bits per heavy atom. The fraction of sp³-hybridized carbons (Fsp3) is 0.300. The predicted octanol–water partition coefficient (Wildman–Crippen LogP) is 3.82. The normalized spacial score (nSPS) is 9.86. The van der Waals surface area contributed by atoms with Crippen LogP contribution in [-0.4, -0.2) is 17.9 Å². The molecule has 0 aliphatic carbocycles. The van der Waals surface area contributed by atoms with Gasteiger partial charge in [-0.05, 0) is 52.8 Å². The molecule has 0 spiro atoms. The molecule has 1 nitrogen and oxygen atoms in total. The monoisotopic (exact) mass is 290 g/mol. The van der Waals surface area contributed by atoms with E-state index in [-0.39, 0.29) is 0 Å². The Bertz CT molecular complexity index is 315. The zero-order valence-electron chi connectivity index (χ0n) is 7.83. The third-order valence-corrected chi connectivity index (χ3v) is 3.72. The summed E-state index contributed by atoms with van der Waals surface area (Å²) in [6.07, 6.45) is 0. The van der Waals surface area contributed by atoms with Gasteiger partial charge in [0.1, 0.15) is 5.55 Å². The first-order valence-corrected chi connectivity index (χ1v) is 6.43. The van der Waals surface area contributed by atoms with E-state index in [1.54, 1.807) is 11.8 Å². The van der Waals surface area contributed by atoms with E-state index in [0.29, 0.717) is 6.61 Å². The third kappa shape index (κ3) is 3.98. The van der Waals surface area contributed by atoms with Gasteiger partial charge in [-0.2, -0.15) is 0 Å². The molecule has 4 heteroatoms. The van der Waals surface area contributed by atoms with Gasteiger partial charge in [0.2, 0.25) is 0 Å². The van der Waals surface area contributed by atoms with Gasteiger partial charge in [-0.1, -0.05) is 6.07 Å². The lowest BCUT2D eigenvalue weighted by Gasteiger charge is -2.04. The zero-order chi connectivity index (χ0) is 10.4. The van der Waals surface area contributed by atoms with Crippen molar-refractivity contribution >= 4 is 45.5 Å². The second-order valence-corrected chi connectivity index (χ2v) is 4.93. The molecule has 0 atom stereocenters. The second-order valence-electron chi connectivity index (χ2n) is 2.75. The molecule has 0 N–H and O–H groups in total. The Hall–Kier alpha value is -0.0600. The molecule has 0 fully saturated rings. The van der Waals surface area contributed by atoms with Gasteiger partial charge in [0.05, 0.1) is 6.61 Å². The summed E-state index contributed by atoms with van der Waals surface area (Å²) in [4.78, 5) is 1.25. The van der Waals surface area contributed by atoms with Gasteiger partial charge in [0, 0.05) is 15.1 Å². The van der Waals surface area contributed by atoms with Crippen molar-refractivity contribution < 1.29 is 4.74 Å². The molecule has 0 saturated carbocycles. The quantitative estimate of drug-likeness (QED) is 0.463. The van der Waals surface area contributed by atoms with Crippen LogP contribution in [0.25, 0.3) is 0 Å². The van der Waals surface area contributed by atoms with Crippen LogP contribution in [0.15, 0.2) is 27.6 Å². The number of thiocarbonyl (C=S) groups is 1. The van der Waals surface area contributed by atoms with E-state index in [1.165, 1.54) is 16.0 Å². The Morgan fingerprint density at radius 1 is 1.57 bits per heavy atom. The maximum Gasteiger partial charge on any atom is 0.146 e. The molecule has 0 aromatic heterocycles. The summed E-state index contributed by atoms with van der Waals surface area (Å²) in [5.74, 6) is 0.912. The first-order chi connectivity index (χ1) is 6.74. The van der Waals surface area contributed by atoms with Gasteiger partial charge in [-0.15, -0.1) is 11.8 Å². The minimum Gasteiger partial charge on any atom is -0.489 e. The maximum absolute atomic E-state index is 4.98. The van der Waals surface area contributed by atoms with E-state index in [1.807, 2.05) is 0 Å². The first kappa shape index (κ1) is 12.0. The predicted molar refractivity (Wildman–Crippen MR) is 69.2 cm³/mol. The Balaban J connectivity index is 2.49. The molecule has 0 aliphatic heterocycles. The highest BCUT2D eigenvalue weighted by molar-refractivity contribution is 9.10. The zero-order valence-corrected chi connectivity index (χ0v) is 11.0. The van der Waals surface area contributed by atoms with Gasteiger partial charge in [0.15, 0.2) is 0 Å². The van der Waals surface area contributed by atoms with Crippen molar-refractivity contribution in [2.75, 3.05) is 12.4 Å². The average Bonchev–Trinajstić information content (AvgIpc) is 2.18. The Kier molecular flexibility index (Phi) is 5.52. The summed E-state index contributed by atoms with van der Waals surface area (Å²) < 4.78 is 6.11. The summed E-state index contributed by atoms with van der Waals surface area (Å²) in [6, 6.07) is 6.31. The van der Waals surface area contributed by atoms with E-state index in [9.17, 15) is 0 Å². The molecule has 0 unspecified atom stereocenters. The lowest BCUT2D eigenvalue weighted by molar-refractivity contribution is 0.355. The van der Waals surface area contributed by atoms with Gasteiger partial charge in [-0.3, -0.25) is 0 Å². The number of aryl methyl sites for hydroxylation is 1. The van der Waals surface area contributed by atoms with Crippen LogP contribution in [-0.2, 0) is 4.74 Å². The maximum atomic E-state index is 4.98. The molecule has 0 radical (unpaired) electrons. The molecular weight excluding hydrogens is 280 g/mol. The van der Waals surface area contributed by atoms with E-state index in [0.717, 1.165) is 10.2 Å². The van der Waals surface area contributed by atoms with Crippen LogP contribution in [0.3, 0.4) is 0 Å². The largest absolute Gasteiger partial charge is 0.489 e. The molecular formula is C10H11BrOS2. The lowest BCUT2D eigenvalue weighted by atomic mass is 10.2. The van der Waals surface area contributed by atoms with Crippen LogP contribution in [0.2, 0.25) is 0 Å². The molecule has 14 heavy (non-hydrogen) atoms. The molecule has 76 valence electrons. The summed E-state index contributed by atoms with van der Waals surface area (Å²) in [7, 11) is 0. The van der Waals surface area contributed by atoms with Gasteiger partial charge in [0.25, 0.3) is 0 Å². The molecule has 0 aliphatic rings. The molecule has 0 heterocycles. The molecule has 0 amide bonds. The van der Waals surface area contributed by atoms with Crippen molar-refractivity contribution in [1.82, 2.24) is 0 Å². The molecule has 0 saturated heterocycles. The number of ether oxygens (including phenoxy) is 1. The van der Waals surface area contributed by atoms with Crippen molar-refractivity contribution in [3.8, 4) is 0 Å². The standard InChI is InChI=1S/C10H11BrOS2/c1-8-2-3-9(11)10(6-8)14-5-4-12-7-13/h2-3,6-7H,4-5H2,1H3. The van der Waals surface area contributed by atoms with Crippen molar-refractivity contribution in [1.29, 1.82) is 0 Å². The highest BCUT2D eigenvalue weighted by atomic mass is 79.9. The van der Waals surface area contributed by atoms with Crippen molar-refractivity contribution in [3.05, 3.63) is 28.2 Å². The van der Waals surface area contributed by atoms with E-state index in [2.05, 4.69) is 53.3 Å². The van der Waals surface area contributed by atoms with Crippen molar-refractivity contribution in [2.45, 2.75) is 11.8 Å². The average molecular weight is 291 g/mol. The lowest BCUT2D eigenvalue weighted by Crippen LogP contribution is -1.93. The topological polar surface area (TPSA) is 9.23 Å². The van der Waals surface area contributed by atoms with Crippen molar-refractivity contribution in [2.24, 2.45) is 0 Å². The summed E-state index contributed by atoms with van der Waals surface area (Å²) >= 11 is 9.84. The SMILES string of the molecule is Cc1ccc(Br)c(SCCOC=S)c1. The minimum atomic E-state index is 0.661. The van der Waals surface area contributed by atoms with Crippen LogP contribution in [0.4, 0.5) is 0 Å². The van der Waals surface area contributed by atoms with Crippen LogP contribution in [0, 0.1) is 6.92 Å². The highest BCUT2D eigenvalue weighted by Gasteiger charge is 2.00. The van der Waals surface area contributed by atoms with Gasteiger partial charge < -0.3 is 4.74 Å². The third-order valence-electron chi connectivity index (χ3n) is 1.61. The fourth-order valence-corrected chi connectivity index (χ4v) is 2.53. The fourth-order valence-electron chi connectivity index (χ4n) is 0.969. The summed E-state index contributed by atoms with van der Waals surface area (Å²) in [5, 5.41) is 0. The first-order valence-electron chi connectivity index (χ1n) is 4.18. The van der Waals surface area contributed by atoms with Gasteiger partial charge >= 0.3 is 0 Å².